The lowest BCUT2D eigenvalue weighted by Crippen LogP contribution is -2.62. The number of rotatable bonds is 20. The van der Waals surface area contributed by atoms with Crippen molar-refractivity contribution in [3.8, 4) is 0 Å². The molecule has 1 N–H and O–H groups in total. The second kappa shape index (κ2) is 21.7. The van der Waals surface area contributed by atoms with Gasteiger partial charge in [-0.2, -0.15) is 5.48 Å². The van der Waals surface area contributed by atoms with Crippen molar-refractivity contribution in [3.63, 3.8) is 0 Å². The standard InChI is InChI=1S/C52H59NO11/c1-52(2)62-47-44(61-51(49(47)63-52)58-33-40-26-16-7-17-27-40)42-28-41(64-53-42)34-59-50-48(57-32-39-24-14-6-15-25-39)46(56-31-38-22-12-5-13-23-38)45(55-30-37-20-10-4-11-21-37)43(60-50)35-54-29-36-18-8-3-9-19-36/h3-27,41-51,53H,28-35H2,1-2H3/t41-,42-,43+,44?,45+,46-,47+,48+,49-,50-,51?/m0/s1. The number of fused-ring (bicyclic) bond motifs is 1. The van der Waals surface area contributed by atoms with Crippen LogP contribution >= 0.6 is 0 Å². The average molecular weight is 874 g/mol. The molecule has 338 valence electrons. The number of hydrogen-bond donors (Lipinski definition) is 1. The first kappa shape index (κ1) is 44.8. The number of benzene rings is 5. The van der Waals surface area contributed by atoms with E-state index in [4.69, 9.17) is 52.2 Å². The van der Waals surface area contributed by atoms with Gasteiger partial charge < -0.3 is 47.4 Å². The zero-order chi connectivity index (χ0) is 43.6. The monoisotopic (exact) mass is 873 g/mol. The summed E-state index contributed by atoms with van der Waals surface area (Å²) in [6.45, 7) is 6.00. The van der Waals surface area contributed by atoms with Crippen molar-refractivity contribution in [3.05, 3.63) is 179 Å². The van der Waals surface area contributed by atoms with Crippen molar-refractivity contribution in [2.45, 2.75) is 127 Å². The lowest BCUT2D eigenvalue weighted by molar-refractivity contribution is -0.331. The van der Waals surface area contributed by atoms with Gasteiger partial charge in [0.2, 0.25) is 0 Å². The molecule has 0 aliphatic carbocycles. The molecule has 0 bridgehead atoms. The second-order valence-electron chi connectivity index (χ2n) is 17.2. The zero-order valence-electron chi connectivity index (χ0n) is 36.4. The Hall–Kier alpha value is -4.38. The van der Waals surface area contributed by atoms with Gasteiger partial charge in [0, 0.05) is 0 Å². The highest BCUT2D eigenvalue weighted by Crippen LogP contribution is 2.42. The summed E-state index contributed by atoms with van der Waals surface area (Å²) in [7, 11) is 0. The van der Waals surface area contributed by atoms with Crippen LogP contribution in [0, 0.1) is 0 Å². The van der Waals surface area contributed by atoms with Crippen LogP contribution in [0.1, 0.15) is 48.1 Å². The largest absolute Gasteiger partial charge is 0.374 e. The van der Waals surface area contributed by atoms with Crippen LogP contribution < -0.4 is 5.48 Å². The molecule has 4 heterocycles. The van der Waals surface area contributed by atoms with Crippen LogP contribution in [0.4, 0.5) is 0 Å². The molecule has 12 heteroatoms. The van der Waals surface area contributed by atoms with Crippen LogP contribution in [0.5, 0.6) is 0 Å². The third-order valence-corrected chi connectivity index (χ3v) is 11.9. The Labute approximate surface area is 375 Å². The molecule has 9 rings (SSSR count). The Morgan fingerprint density at radius 1 is 0.469 bits per heavy atom. The summed E-state index contributed by atoms with van der Waals surface area (Å²) in [6, 6.07) is 50.1. The summed E-state index contributed by atoms with van der Waals surface area (Å²) in [5.41, 5.74) is 8.39. The molecule has 4 saturated heterocycles. The Morgan fingerprint density at radius 2 is 0.938 bits per heavy atom. The van der Waals surface area contributed by atoms with E-state index in [-0.39, 0.29) is 31.5 Å². The highest BCUT2D eigenvalue weighted by atomic mass is 16.8. The average Bonchev–Trinajstić information content (AvgIpc) is 4.03. The van der Waals surface area contributed by atoms with Crippen LogP contribution in [-0.2, 0) is 85.2 Å². The SMILES string of the molecule is CC1(C)O[C@@H]2C(OCc3ccccc3)OC([C@@H]3C[C@@H](CO[C@H]4O[C@H](COCc5ccccc5)[C@@H](OCc5ccccc5)[C@H](OCc5ccccc5)[C@H]4OCc4ccccc4)ON3)[C@H]2O1. The molecule has 5 aromatic rings. The Morgan fingerprint density at radius 3 is 1.48 bits per heavy atom. The minimum absolute atomic E-state index is 0.190. The van der Waals surface area contributed by atoms with Gasteiger partial charge >= 0.3 is 0 Å². The summed E-state index contributed by atoms with van der Waals surface area (Å²) in [4.78, 5) is 6.21. The smallest absolute Gasteiger partial charge is 0.187 e. The fraction of sp³-hybridized carbons (Fsp3) is 0.423. The molecule has 0 aromatic heterocycles. The molecule has 5 aromatic carbocycles. The first-order chi connectivity index (χ1) is 31.4. The summed E-state index contributed by atoms with van der Waals surface area (Å²) in [6.07, 6.45) is -4.90. The molecular formula is C52H59NO11. The molecule has 4 fully saturated rings. The van der Waals surface area contributed by atoms with Crippen molar-refractivity contribution in [2.75, 3.05) is 13.2 Å². The second-order valence-corrected chi connectivity index (χ2v) is 17.2. The minimum atomic E-state index is -0.871. The van der Waals surface area contributed by atoms with Crippen LogP contribution in [0.2, 0.25) is 0 Å². The molecule has 0 radical (unpaired) electrons. The van der Waals surface area contributed by atoms with Gasteiger partial charge in [0.25, 0.3) is 0 Å². The van der Waals surface area contributed by atoms with Gasteiger partial charge in [0.15, 0.2) is 18.4 Å². The number of ether oxygens (including phenoxy) is 10. The van der Waals surface area contributed by atoms with Gasteiger partial charge in [0.1, 0.15) is 48.8 Å². The third-order valence-electron chi connectivity index (χ3n) is 11.9. The quantitative estimate of drug-likeness (QED) is 0.0823. The van der Waals surface area contributed by atoms with E-state index in [1.165, 1.54) is 0 Å². The highest BCUT2D eigenvalue weighted by molar-refractivity contribution is 5.17. The molecule has 0 spiro atoms. The van der Waals surface area contributed by atoms with Gasteiger partial charge in [-0.3, -0.25) is 4.84 Å². The molecular weight excluding hydrogens is 815 g/mol. The summed E-state index contributed by atoms with van der Waals surface area (Å²) < 4.78 is 66.2. The molecule has 11 atom stereocenters. The Kier molecular flexibility index (Phi) is 15.2. The summed E-state index contributed by atoms with van der Waals surface area (Å²) in [5, 5.41) is 0. The molecule has 4 aliphatic rings. The van der Waals surface area contributed by atoms with E-state index < -0.39 is 55.0 Å². The maximum atomic E-state index is 6.92. The summed E-state index contributed by atoms with van der Waals surface area (Å²) in [5.74, 6) is -0.788. The van der Waals surface area contributed by atoms with Gasteiger partial charge in [-0.1, -0.05) is 152 Å². The molecule has 0 amide bonds. The zero-order valence-corrected chi connectivity index (χ0v) is 36.4. The Bertz CT molecular complexity index is 2120. The van der Waals surface area contributed by atoms with Crippen molar-refractivity contribution >= 4 is 0 Å². The number of hydrogen-bond acceptors (Lipinski definition) is 12. The van der Waals surface area contributed by atoms with E-state index >= 15 is 0 Å². The maximum Gasteiger partial charge on any atom is 0.187 e. The van der Waals surface area contributed by atoms with E-state index in [1.54, 1.807) is 0 Å². The van der Waals surface area contributed by atoms with E-state index in [0.717, 1.165) is 27.8 Å². The summed E-state index contributed by atoms with van der Waals surface area (Å²) >= 11 is 0. The van der Waals surface area contributed by atoms with Crippen molar-refractivity contribution < 1.29 is 52.2 Å². The fourth-order valence-corrected chi connectivity index (χ4v) is 8.75. The minimum Gasteiger partial charge on any atom is -0.374 e. The normalized spacial score (nSPS) is 29.8. The van der Waals surface area contributed by atoms with Gasteiger partial charge in [0.05, 0.1) is 52.3 Å². The molecule has 0 saturated carbocycles. The molecule has 12 nitrogen and oxygen atoms in total. The third kappa shape index (κ3) is 11.7. The van der Waals surface area contributed by atoms with Crippen molar-refractivity contribution in [1.82, 2.24) is 5.48 Å². The molecule has 2 unspecified atom stereocenters. The van der Waals surface area contributed by atoms with Crippen LogP contribution in [0.15, 0.2) is 152 Å². The van der Waals surface area contributed by atoms with E-state index in [2.05, 4.69) is 5.48 Å². The molecule has 64 heavy (non-hydrogen) atoms. The van der Waals surface area contributed by atoms with E-state index in [0.29, 0.717) is 39.5 Å². The lowest BCUT2D eigenvalue weighted by atomic mass is 9.97. The molecule has 4 aliphatic heterocycles. The van der Waals surface area contributed by atoms with E-state index in [1.807, 2.05) is 166 Å². The lowest BCUT2D eigenvalue weighted by Gasteiger charge is -2.46. The highest BCUT2D eigenvalue weighted by Gasteiger charge is 2.59. The fourth-order valence-electron chi connectivity index (χ4n) is 8.75. The van der Waals surface area contributed by atoms with E-state index in [9.17, 15) is 0 Å². The first-order valence-corrected chi connectivity index (χ1v) is 22.4. The predicted octanol–water partition coefficient (Wildman–Crippen LogP) is 7.82. The predicted molar refractivity (Wildman–Crippen MR) is 236 cm³/mol. The van der Waals surface area contributed by atoms with Crippen LogP contribution in [0.25, 0.3) is 0 Å². The van der Waals surface area contributed by atoms with Gasteiger partial charge in [-0.05, 0) is 48.1 Å². The number of nitrogens with one attached hydrogen (secondary N) is 1. The number of hydroxylamine groups is 1. The Balaban J connectivity index is 0.933. The topological polar surface area (TPSA) is 114 Å². The van der Waals surface area contributed by atoms with Crippen LogP contribution in [-0.4, -0.2) is 86.5 Å². The first-order valence-electron chi connectivity index (χ1n) is 22.4. The van der Waals surface area contributed by atoms with Gasteiger partial charge in [-0.25, -0.2) is 0 Å². The van der Waals surface area contributed by atoms with Crippen LogP contribution in [0.3, 0.4) is 0 Å². The van der Waals surface area contributed by atoms with Crippen molar-refractivity contribution in [1.29, 1.82) is 0 Å². The van der Waals surface area contributed by atoms with Gasteiger partial charge in [-0.15, -0.1) is 0 Å². The maximum absolute atomic E-state index is 6.92. The van der Waals surface area contributed by atoms with Crippen molar-refractivity contribution in [2.24, 2.45) is 0 Å².